The number of pyridine rings is 2. The van der Waals surface area contributed by atoms with E-state index < -0.39 is 12.3 Å². The van der Waals surface area contributed by atoms with E-state index in [0.717, 1.165) is 29.0 Å². The van der Waals surface area contributed by atoms with Crippen LogP contribution in [0.25, 0.3) is 21.7 Å². The summed E-state index contributed by atoms with van der Waals surface area (Å²) < 4.78 is 59.5. The summed E-state index contributed by atoms with van der Waals surface area (Å²) in [7, 11) is 0. The monoisotopic (exact) mass is 609 g/mol. The number of carbonyl (C=O) groups excluding carboxylic acids is 1. The van der Waals surface area contributed by atoms with E-state index in [4.69, 9.17) is 19.6 Å². The minimum absolute atomic E-state index is 0.274. The Morgan fingerprint density at radius 3 is 2.59 bits per heavy atom. The van der Waals surface area contributed by atoms with Gasteiger partial charge in [0, 0.05) is 53.7 Å². The van der Waals surface area contributed by atoms with Crippen molar-refractivity contribution in [1.29, 1.82) is 0 Å². The number of nitrogens with zero attached hydrogens (tertiary/aromatic N) is 3. The van der Waals surface area contributed by atoms with Crippen LogP contribution in [0, 0.1) is 0 Å². The summed E-state index contributed by atoms with van der Waals surface area (Å²) in [6.07, 6.45) is 3.27. The number of halogens is 3. The first-order valence-corrected chi connectivity index (χ1v) is 13.9. The number of ether oxygens (including phenoxy) is 3. The first-order chi connectivity index (χ1) is 21.2. The van der Waals surface area contributed by atoms with Gasteiger partial charge in [-0.05, 0) is 60.8 Å². The van der Waals surface area contributed by atoms with Gasteiger partial charge in [0.15, 0.2) is 6.39 Å². The minimum atomic E-state index is -4.78. The number of rotatable bonds is 15. The summed E-state index contributed by atoms with van der Waals surface area (Å²) in [5, 5.41) is 5.73. The van der Waals surface area contributed by atoms with Gasteiger partial charge in [-0.1, -0.05) is 12.1 Å². The predicted molar refractivity (Wildman–Crippen MR) is 155 cm³/mol. The van der Waals surface area contributed by atoms with E-state index >= 15 is 0 Å². The van der Waals surface area contributed by atoms with E-state index in [0.29, 0.717) is 66.6 Å². The predicted octanol–water partition coefficient (Wildman–Crippen LogP) is 5.32. The maximum absolute atomic E-state index is 12.8. The molecule has 0 saturated heterocycles. The molecule has 0 unspecified atom stereocenters. The summed E-state index contributed by atoms with van der Waals surface area (Å²) in [6.45, 7) is 2.16. The van der Waals surface area contributed by atoms with Crippen LogP contribution in [-0.2, 0) is 17.7 Å². The molecule has 2 aromatic carbocycles. The zero-order valence-corrected chi connectivity index (χ0v) is 23.6. The number of primary amides is 1. The molecule has 0 atom stereocenters. The molecule has 0 aliphatic heterocycles. The molecule has 230 valence electrons. The Kier molecular flexibility index (Phi) is 9.87. The third-order valence-electron chi connectivity index (χ3n) is 6.66. The number of alkyl halides is 3. The highest BCUT2D eigenvalue weighted by atomic mass is 19.4. The quantitative estimate of drug-likeness (QED) is 0.119. The molecular weight excluding hydrogens is 579 g/mol. The molecule has 3 N–H and O–H groups in total. The molecule has 0 aliphatic carbocycles. The standard InChI is InChI=1S/C31H30F3N5O5/c32-31(33,34)44-23-12-20(13-24-17-38-19-43-24)11-21(14-23)16-36-6-1-2-8-41-9-10-42-30-26-5-7-37-18-27(26)25-4-3-22(29(35)40)15-28(25)39-30/h3-5,7,11-12,14-15,17-19,36H,1-2,6,8-10,13,16H2,(H2,35,40). The van der Waals surface area contributed by atoms with Gasteiger partial charge in [0.1, 0.15) is 18.1 Å². The van der Waals surface area contributed by atoms with Crippen molar-refractivity contribution in [2.45, 2.75) is 32.2 Å². The van der Waals surface area contributed by atoms with Crippen LogP contribution in [0.4, 0.5) is 13.2 Å². The third kappa shape index (κ3) is 8.42. The number of amides is 1. The fourth-order valence-electron chi connectivity index (χ4n) is 4.72. The maximum atomic E-state index is 12.8. The molecule has 3 aromatic heterocycles. The third-order valence-corrected chi connectivity index (χ3v) is 6.66. The number of nitrogens with two attached hydrogens (primary N) is 1. The zero-order valence-electron chi connectivity index (χ0n) is 23.6. The second-order valence-electron chi connectivity index (χ2n) is 9.96. The summed E-state index contributed by atoms with van der Waals surface area (Å²) in [5.74, 6) is 0.138. The number of nitrogens with one attached hydrogen (secondary N) is 1. The smallest absolute Gasteiger partial charge is 0.475 e. The second-order valence-corrected chi connectivity index (χ2v) is 9.96. The SMILES string of the molecule is NC(=O)c1ccc2c(c1)nc(OCCOCCCCNCc1cc(Cc3cnco3)cc(OC(F)(F)F)c1)c1ccncc12. The lowest BCUT2D eigenvalue weighted by Crippen LogP contribution is -2.18. The highest BCUT2D eigenvalue weighted by Crippen LogP contribution is 2.31. The fourth-order valence-corrected chi connectivity index (χ4v) is 4.72. The van der Waals surface area contributed by atoms with E-state index in [1.54, 1.807) is 30.6 Å². The minimum Gasteiger partial charge on any atom is -0.475 e. The average molecular weight is 610 g/mol. The number of carbonyl (C=O) groups is 1. The molecule has 0 radical (unpaired) electrons. The lowest BCUT2D eigenvalue weighted by Gasteiger charge is -2.13. The van der Waals surface area contributed by atoms with Crippen LogP contribution in [0.5, 0.6) is 11.6 Å². The van der Waals surface area contributed by atoms with Crippen molar-refractivity contribution in [3.05, 3.63) is 89.9 Å². The number of hydrogen-bond donors (Lipinski definition) is 2. The largest absolute Gasteiger partial charge is 0.573 e. The molecule has 0 fully saturated rings. The van der Waals surface area contributed by atoms with Crippen LogP contribution >= 0.6 is 0 Å². The number of hydrogen-bond acceptors (Lipinski definition) is 9. The lowest BCUT2D eigenvalue weighted by atomic mass is 10.1. The number of benzene rings is 2. The van der Waals surface area contributed by atoms with E-state index in [9.17, 15) is 18.0 Å². The molecule has 3 heterocycles. The molecule has 0 bridgehead atoms. The average Bonchev–Trinajstić information content (AvgIpc) is 3.49. The normalized spacial score (nSPS) is 11.7. The van der Waals surface area contributed by atoms with Crippen molar-refractivity contribution < 1.29 is 36.6 Å². The molecule has 0 saturated carbocycles. The lowest BCUT2D eigenvalue weighted by molar-refractivity contribution is -0.274. The molecule has 0 spiro atoms. The second kappa shape index (κ2) is 14.1. The van der Waals surface area contributed by atoms with Crippen LogP contribution in [0.1, 0.15) is 40.1 Å². The number of unbranched alkanes of at least 4 members (excludes halogenated alkanes) is 1. The Balaban J connectivity index is 1.05. The first kappa shape index (κ1) is 30.7. The summed E-state index contributed by atoms with van der Waals surface area (Å²) in [4.78, 5) is 24.3. The Morgan fingerprint density at radius 2 is 1.80 bits per heavy atom. The Bertz CT molecular complexity index is 1710. The molecule has 13 heteroatoms. The van der Waals surface area contributed by atoms with E-state index in [-0.39, 0.29) is 12.4 Å². The highest BCUT2D eigenvalue weighted by molar-refractivity contribution is 6.09. The summed E-state index contributed by atoms with van der Waals surface area (Å²) >= 11 is 0. The molecule has 10 nitrogen and oxygen atoms in total. The van der Waals surface area contributed by atoms with Crippen molar-refractivity contribution in [1.82, 2.24) is 20.3 Å². The van der Waals surface area contributed by atoms with Crippen molar-refractivity contribution in [3.63, 3.8) is 0 Å². The van der Waals surface area contributed by atoms with Gasteiger partial charge >= 0.3 is 6.36 Å². The zero-order chi connectivity index (χ0) is 30.9. The van der Waals surface area contributed by atoms with Crippen LogP contribution in [-0.4, -0.2) is 53.6 Å². The van der Waals surface area contributed by atoms with Gasteiger partial charge in [-0.25, -0.2) is 9.97 Å². The highest BCUT2D eigenvalue weighted by Gasteiger charge is 2.31. The Morgan fingerprint density at radius 1 is 0.932 bits per heavy atom. The van der Waals surface area contributed by atoms with Crippen LogP contribution in [0.3, 0.4) is 0 Å². The van der Waals surface area contributed by atoms with Gasteiger partial charge in [0.25, 0.3) is 0 Å². The Hall–Kier alpha value is -4.75. The van der Waals surface area contributed by atoms with Gasteiger partial charge in [-0.3, -0.25) is 9.78 Å². The van der Waals surface area contributed by atoms with Gasteiger partial charge in [0.2, 0.25) is 11.8 Å². The van der Waals surface area contributed by atoms with Crippen LogP contribution < -0.4 is 20.5 Å². The van der Waals surface area contributed by atoms with E-state index in [1.807, 2.05) is 12.1 Å². The van der Waals surface area contributed by atoms with E-state index in [2.05, 4.69) is 25.0 Å². The fraction of sp³-hybridized carbons (Fsp3) is 0.290. The van der Waals surface area contributed by atoms with Crippen molar-refractivity contribution >= 4 is 27.6 Å². The van der Waals surface area contributed by atoms with Gasteiger partial charge < -0.3 is 29.7 Å². The molecular formula is C31H30F3N5O5. The van der Waals surface area contributed by atoms with Crippen molar-refractivity contribution in [2.24, 2.45) is 5.73 Å². The molecule has 0 aliphatic rings. The van der Waals surface area contributed by atoms with Gasteiger partial charge in [-0.2, -0.15) is 0 Å². The van der Waals surface area contributed by atoms with Crippen LogP contribution in [0.15, 0.2) is 71.9 Å². The van der Waals surface area contributed by atoms with Crippen LogP contribution in [0.2, 0.25) is 0 Å². The summed E-state index contributed by atoms with van der Waals surface area (Å²) in [5.41, 5.74) is 7.64. The van der Waals surface area contributed by atoms with Gasteiger partial charge in [0.05, 0.1) is 18.3 Å². The molecule has 1 amide bonds. The topological polar surface area (TPSA) is 135 Å². The van der Waals surface area contributed by atoms with Crippen molar-refractivity contribution in [3.8, 4) is 11.6 Å². The number of fused-ring (bicyclic) bond motifs is 3. The molecule has 44 heavy (non-hydrogen) atoms. The van der Waals surface area contributed by atoms with Gasteiger partial charge in [-0.15, -0.1) is 13.2 Å². The Labute approximate surface area is 250 Å². The maximum Gasteiger partial charge on any atom is 0.573 e. The first-order valence-electron chi connectivity index (χ1n) is 13.9. The number of aromatic nitrogens is 3. The van der Waals surface area contributed by atoms with E-state index in [1.165, 1.54) is 24.7 Å². The molecule has 5 rings (SSSR count). The number of oxazole rings is 1. The van der Waals surface area contributed by atoms with Crippen molar-refractivity contribution in [2.75, 3.05) is 26.4 Å². The molecule has 5 aromatic rings. The summed E-state index contributed by atoms with van der Waals surface area (Å²) in [6, 6.07) is 11.4.